The Morgan fingerprint density at radius 3 is 2.81 bits per heavy atom. The van der Waals surface area contributed by atoms with E-state index in [9.17, 15) is 0 Å². The third-order valence-corrected chi connectivity index (χ3v) is 3.05. The summed E-state index contributed by atoms with van der Waals surface area (Å²) in [4.78, 5) is 2.52. The predicted octanol–water partition coefficient (Wildman–Crippen LogP) is 2.74. The van der Waals surface area contributed by atoms with Crippen LogP contribution in [-0.2, 0) is 0 Å². The molecule has 0 atom stereocenters. The van der Waals surface area contributed by atoms with Gasteiger partial charge in [0, 0.05) is 19.2 Å². The summed E-state index contributed by atoms with van der Waals surface area (Å²) in [5.41, 5.74) is 0. The van der Waals surface area contributed by atoms with Crippen molar-refractivity contribution >= 4 is 0 Å². The van der Waals surface area contributed by atoms with Crippen LogP contribution in [0.25, 0.3) is 0 Å². The minimum Gasteiger partial charge on any atom is -0.490 e. The SMILES string of the molecule is CCCN1CCC(Oc2[c]cccc2)CC1. The van der Waals surface area contributed by atoms with Crippen LogP contribution in [0.1, 0.15) is 26.2 Å². The van der Waals surface area contributed by atoms with Gasteiger partial charge in [-0.2, -0.15) is 0 Å². The lowest BCUT2D eigenvalue weighted by Crippen LogP contribution is -2.38. The minimum absolute atomic E-state index is 0.381. The molecule has 1 fully saturated rings. The van der Waals surface area contributed by atoms with Gasteiger partial charge < -0.3 is 9.64 Å². The van der Waals surface area contributed by atoms with Gasteiger partial charge in [-0.25, -0.2) is 0 Å². The molecule has 0 aromatic heterocycles. The number of nitrogens with zero attached hydrogens (tertiary/aromatic N) is 1. The molecular formula is C14H20NO. The summed E-state index contributed by atoms with van der Waals surface area (Å²) in [7, 11) is 0. The van der Waals surface area contributed by atoms with Gasteiger partial charge >= 0.3 is 0 Å². The van der Waals surface area contributed by atoms with E-state index in [1.807, 2.05) is 24.3 Å². The maximum absolute atomic E-state index is 5.90. The standard InChI is InChI=1S/C14H20NO/c1-2-10-15-11-8-14(9-12-15)16-13-6-4-3-5-7-13/h3-6,14H,2,8-12H2,1H3. The Bertz CT molecular complexity index is 291. The number of para-hydroxylation sites is 1. The third kappa shape index (κ3) is 3.24. The van der Waals surface area contributed by atoms with Gasteiger partial charge in [-0.1, -0.05) is 25.1 Å². The molecule has 1 radical (unpaired) electrons. The van der Waals surface area contributed by atoms with Gasteiger partial charge in [0.15, 0.2) is 0 Å². The fourth-order valence-corrected chi connectivity index (χ4v) is 2.20. The van der Waals surface area contributed by atoms with Gasteiger partial charge in [-0.05, 0) is 31.9 Å². The first-order valence-corrected chi connectivity index (χ1v) is 6.24. The molecule has 0 N–H and O–H groups in total. The summed E-state index contributed by atoms with van der Waals surface area (Å²) in [6.07, 6.45) is 3.91. The first kappa shape index (κ1) is 11.5. The maximum Gasteiger partial charge on any atom is 0.127 e. The second kappa shape index (κ2) is 5.90. The summed E-state index contributed by atoms with van der Waals surface area (Å²) < 4.78 is 5.90. The number of benzene rings is 1. The average molecular weight is 218 g/mol. The first-order valence-electron chi connectivity index (χ1n) is 6.24. The molecule has 0 spiro atoms. The van der Waals surface area contributed by atoms with Crippen LogP contribution in [0.2, 0.25) is 0 Å². The Balaban J connectivity index is 1.77. The minimum atomic E-state index is 0.381. The summed E-state index contributed by atoms with van der Waals surface area (Å²) in [6, 6.07) is 11.0. The summed E-state index contributed by atoms with van der Waals surface area (Å²) in [5.74, 6) is 0.886. The topological polar surface area (TPSA) is 12.5 Å². The molecular weight excluding hydrogens is 198 g/mol. The van der Waals surface area contributed by atoms with Gasteiger partial charge in [0.25, 0.3) is 0 Å². The monoisotopic (exact) mass is 218 g/mol. The molecule has 0 bridgehead atoms. The molecule has 87 valence electrons. The maximum atomic E-state index is 5.90. The zero-order chi connectivity index (χ0) is 11.2. The van der Waals surface area contributed by atoms with Crippen molar-refractivity contribution in [3.05, 3.63) is 30.3 Å². The van der Waals surface area contributed by atoms with E-state index in [0.29, 0.717) is 6.10 Å². The molecule has 1 heterocycles. The highest BCUT2D eigenvalue weighted by Gasteiger charge is 2.19. The quantitative estimate of drug-likeness (QED) is 0.770. The Morgan fingerprint density at radius 1 is 1.38 bits per heavy atom. The highest BCUT2D eigenvalue weighted by atomic mass is 16.5. The Morgan fingerprint density at radius 2 is 2.19 bits per heavy atom. The van der Waals surface area contributed by atoms with Gasteiger partial charge in [0.05, 0.1) is 0 Å². The van der Waals surface area contributed by atoms with Crippen molar-refractivity contribution in [1.82, 2.24) is 4.90 Å². The van der Waals surface area contributed by atoms with Gasteiger partial charge in [0.1, 0.15) is 11.9 Å². The van der Waals surface area contributed by atoms with Crippen molar-refractivity contribution in [2.24, 2.45) is 0 Å². The molecule has 1 saturated heterocycles. The van der Waals surface area contributed by atoms with Crippen LogP contribution in [-0.4, -0.2) is 30.6 Å². The van der Waals surface area contributed by atoms with Crippen LogP contribution in [0.15, 0.2) is 24.3 Å². The summed E-state index contributed by atoms with van der Waals surface area (Å²) in [6.45, 7) is 5.81. The zero-order valence-electron chi connectivity index (χ0n) is 9.98. The fraction of sp³-hybridized carbons (Fsp3) is 0.571. The van der Waals surface area contributed by atoms with Crippen molar-refractivity contribution in [1.29, 1.82) is 0 Å². The van der Waals surface area contributed by atoms with E-state index < -0.39 is 0 Å². The van der Waals surface area contributed by atoms with Gasteiger partial charge in [0.2, 0.25) is 0 Å². The lowest BCUT2D eigenvalue weighted by Gasteiger charge is -2.31. The van der Waals surface area contributed by atoms with E-state index in [2.05, 4.69) is 17.9 Å². The highest BCUT2D eigenvalue weighted by Crippen LogP contribution is 2.18. The number of hydrogen-bond donors (Lipinski definition) is 0. The van der Waals surface area contributed by atoms with E-state index >= 15 is 0 Å². The average Bonchev–Trinajstić information content (AvgIpc) is 2.33. The van der Waals surface area contributed by atoms with Crippen molar-refractivity contribution < 1.29 is 4.74 Å². The molecule has 1 aliphatic rings. The molecule has 0 amide bonds. The van der Waals surface area contributed by atoms with Crippen LogP contribution in [0.3, 0.4) is 0 Å². The molecule has 1 aliphatic heterocycles. The van der Waals surface area contributed by atoms with Crippen LogP contribution >= 0.6 is 0 Å². The van der Waals surface area contributed by atoms with Crippen molar-refractivity contribution in [2.45, 2.75) is 32.3 Å². The highest BCUT2D eigenvalue weighted by molar-refractivity contribution is 5.19. The van der Waals surface area contributed by atoms with E-state index in [1.54, 1.807) is 0 Å². The van der Waals surface area contributed by atoms with Crippen molar-refractivity contribution in [3.63, 3.8) is 0 Å². The van der Waals surface area contributed by atoms with Gasteiger partial charge in [-0.15, -0.1) is 0 Å². The summed E-state index contributed by atoms with van der Waals surface area (Å²) >= 11 is 0. The van der Waals surface area contributed by atoms with Crippen LogP contribution in [0, 0.1) is 6.07 Å². The molecule has 1 aromatic rings. The lowest BCUT2D eigenvalue weighted by molar-refractivity contribution is 0.100. The van der Waals surface area contributed by atoms with E-state index in [0.717, 1.165) is 18.6 Å². The Hall–Kier alpha value is -1.02. The van der Waals surface area contributed by atoms with E-state index in [4.69, 9.17) is 4.74 Å². The van der Waals surface area contributed by atoms with Crippen LogP contribution < -0.4 is 4.74 Å². The van der Waals surface area contributed by atoms with Crippen LogP contribution in [0.4, 0.5) is 0 Å². The van der Waals surface area contributed by atoms with Crippen LogP contribution in [0.5, 0.6) is 5.75 Å². The smallest absolute Gasteiger partial charge is 0.127 e. The van der Waals surface area contributed by atoms with Gasteiger partial charge in [-0.3, -0.25) is 0 Å². The normalized spacial score (nSPS) is 18.6. The second-order valence-electron chi connectivity index (χ2n) is 4.39. The molecule has 2 nitrogen and oxygen atoms in total. The number of rotatable bonds is 4. The predicted molar refractivity (Wildman–Crippen MR) is 65.7 cm³/mol. The first-order chi connectivity index (χ1) is 7.88. The van der Waals surface area contributed by atoms with Crippen molar-refractivity contribution in [3.8, 4) is 5.75 Å². The summed E-state index contributed by atoms with van der Waals surface area (Å²) in [5, 5.41) is 0. The van der Waals surface area contributed by atoms with E-state index in [1.165, 1.54) is 26.1 Å². The molecule has 2 rings (SSSR count). The second-order valence-corrected chi connectivity index (χ2v) is 4.39. The zero-order valence-corrected chi connectivity index (χ0v) is 9.98. The fourth-order valence-electron chi connectivity index (χ4n) is 2.20. The number of hydrogen-bond acceptors (Lipinski definition) is 2. The molecule has 1 aromatic carbocycles. The molecule has 0 saturated carbocycles. The van der Waals surface area contributed by atoms with E-state index in [-0.39, 0.29) is 0 Å². The number of ether oxygens (including phenoxy) is 1. The lowest BCUT2D eigenvalue weighted by atomic mass is 10.1. The molecule has 0 unspecified atom stereocenters. The Kier molecular flexibility index (Phi) is 4.23. The Labute approximate surface area is 98.2 Å². The molecule has 16 heavy (non-hydrogen) atoms. The van der Waals surface area contributed by atoms with Crippen molar-refractivity contribution in [2.75, 3.05) is 19.6 Å². The number of likely N-dealkylation sites (tertiary alicyclic amines) is 1. The largest absolute Gasteiger partial charge is 0.490 e. The number of piperidine rings is 1. The molecule has 2 heteroatoms. The third-order valence-electron chi connectivity index (χ3n) is 3.05. The molecule has 0 aliphatic carbocycles.